The van der Waals surface area contributed by atoms with Crippen LogP contribution in [0.4, 0.5) is 10.1 Å². The second-order valence-electron chi connectivity index (χ2n) is 8.17. The Bertz CT molecular complexity index is 1430. The van der Waals surface area contributed by atoms with Crippen LogP contribution in [0.5, 0.6) is 11.6 Å². The van der Waals surface area contributed by atoms with Crippen LogP contribution in [0.2, 0.25) is 5.02 Å². The molecule has 4 rings (SSSR count). The van der Waals surface area contributed by atoms with Gasteiger partial charge in [0, 0.05) is 36.5 Å². The quantitative estimate of drug-likeness (QED) is 0.271. The number of Topliss-reactive ketones (excluding diaryl/α,β-unsaturated/α-hetero) is 1. The van der Waals surface area contributed by atoms with E-state index in [9.17, 15) is 14.0 Å². The summed E-state index contributed by atoms with van der Waals surface area (Å²) >= 11 is 6.15. The number of ketones is 1. The second-order valence-corrected chi connectivity index (χ2v) is 8.55. The number of hydrogen-bond acceptors (Lipinski definition) is 6. The highest BCUT2D eigenvalue weighted by molar-refractivity contribution is 6.34. The van der Waals surface area contributed by atoms with Gasteiger partial charge in [0.1, 0.15) is 16.6 Å². The maximum atomic E-state index is 13.4. The van der Waals surface area contributed by atoms with Gasteiger partial charge in [-0.05, 0) is 49.2 Å². The second kappa shape index (κ2) is 10.1. The molecule has 0 fully saturated rings. The fraction of sp³-hybridized carbons (Fsp3) is 0.154. The monoisotopic (exact) mass is 492 g/mol. The molecule has 0 amide bonds. The summed E-state index contributed by atoms with van der Waals surface area (Å²) in [6.45, 7) is 3.77. The number of nitrogen functional groups attached to an aromatic ring is 1. The summed E-state index contributed by atoms with van der Waals surface area (Å²) in [4.78, 5) is 30.4. The van der Waals surface area contributed by atoms with E-state index in [1.807, 2.05) is 13.8 Å². The van der Waals surface area contributed by atoms with E-state index in [4.69, 9.17) is 22.1 Å². The largest absolute Gasteiger partial charge is 0.437 e. The molecular formula is C26H22ClFN4O3. The Labute approximate surface area is 206 Å². The molecule has 0 unspecified atom stereocenters. The van der Waals surface area contributed by atoms with Gasteiger partial charge in [0.05, 0.1) is 5.69 Å². The first-order chi connectivity index (χ1) is 16.7. The molecule has 178 valence electrons. The van der Waals surface area contributed by atoms with Crippen LogP contribution < -0.4 is 15.9 Å². The summed E-state index contributed by atoms with van der Waals surface area (Å²) in [6.07, 6.45) is 2.98. The lowest BCUT2D eigenvalue weighted by molar-refractivity contribution is 0.0984. The van der Waals surface area contributed by atoms with Crippen molar-refractivity contribution >= 4 is 23.1 Å². The number of anilines is 1. The van der Waals surface area contributed by atoms with E-state index in [1.165, 1.54) is 30.5 Å². The van der Waals surface area contributed by atoms with E-state index in [0.29, 0.717) is 22.6 Å². The third-order valence-electron chi connectivity index (χ3n) is 5.25. The van der Waals surface area contributed by atoms with Gasteiger partial charge in [-0.25, -0.2) is 9.37 Å². The first-order valence-electron chi connectivity index (χ1n) is 10.8. The maximum absolute atomic E-state index is 13.4. The van der Waals surface area contributed by atoms with Gasteiger partial charge in [0.25, 0.3) is 0 Å². The Hall–Kier alpha value is -4.04. The van der Waals surface area contributed by atoms with E-state index in [-0.39, 0.29) is 34.6 Å². The van der Waals surface area contributed by atoms with Crippen LogP contribution in [-0.4, -0.2) is 20.5 Å². The van der Waals surface area contributed by atoms with E-state index >= 15 is 0 Å². The molecule has 0 atom stereocenters. The lowest BCUT2D eigenvalue weighted by Gasteiger charge is -2.13. The number of aromatic nitrogens is 3. The number of rotatable bonds is 7. The minimum absolute atomic E-state index is 0.0838. The molecule has 2 aromatic carbocycles. The summed E-state index contributed by atoms with van der Waals surface area (Å²) in [6, 6.07) is 13.7. The maximum Gasteiger partial charge on any atom is 0.219 e. The normalized spacial score (nSPS) is 11.0. The molecule has 2 heterocycles. The summed E-state index contributed by atoms with van der Waals surface area (Å²) in [7, 11) is 0. The van der Waals surface area contributed by atoms with Gasteiger partial charge in [-0.1, -0.05) is 35.9 Å². The zero-order valence-corrected chi connectivity index (χ0v) is 19.8. The minimum atomic E-state index is -0.511. The molecule has 0 aliphatic heterocycles. The number of carbonyl (C=O) groups is 1. The molecule has 2 N–H and O–H groups in total. The number of benzene rings is 2. The van der Waals surface area contributed by atoms with E-state index in [2.05, 4.69) is 10.1 Å². The van der Waals surface area contributed by atoms with Crippen molar-refractivity contribution in [2.75, 3.05) is 5.73 Å². The molecule has 0 saturated carbocycles. The summed E-state index contributed by atoms with van der Waals surface area (Å²) in [5.41, 5.74) is 6.82. The van der Waals surface area contributed by atoms with Crippen LogP contribution in [0.1, 0.15) is 35.9 Å². The van der Waals surface area contributed by atoms with Gasteiger partial charge in [0.2, 0.25) is 11.3 Å². The predicted molar refractivity (Wildman–Crippen MR) is 132 cm³/mol. The molecule has 0 bridgehead atoms. The van der Waals surface area contributed by atoms with Gasteiger partial charge in [-0.2, -0.15) is 5.10 Å². The number of hydrogen-bond donors (Lipinski definition) is 1. The number of nitrogens with zero attached hydrogens (tertiary/aromatic N) is 3. The van der Waals surface area contributed by atoms with Crippen molar-refractivity contribution in [1.82, 2.24) is 14.8 Å². The van der Waals surface area contributed by atoms with Crippen LogP contribution >= 0.6 is 11.6 Å². The topological polar surface area (TPSA) is 100 Å². The van der Waals surface area contributed by atoms with Crippen LogP contribution in [0, 0.1) is 5.82 Å². The first kappa shape index (κ1) is 24.1. The molecule has 0 spiro atoms. The Morgan fingerprint density at radius 2 is 1.89 bits per heavy atom. The van der Waals surface area contributed by atoms with Crippen molar-refractivity contribution in [1.29, 1.82) is 0 Å². The molecule has 0 radical (unpaired) electrons. The zero-order valence-electron chi connectivity index (χ0n) is 19.0. The molecule has 0 aliphatic carbocycles. The molecule has 0 saturated heterocycles. The van der Waals surface area contributed by atoms with E-state index in [0.717, 1.165) is 0 Å². The van der Waals surface area contributed by atoms with E-state index in [1.54, 1.807) is 41.2 Å². The fourth-order valence-electron chi connectivity index (χ4n) is 3.35. The van der Waals surface area contributed by atoms with Crippen molar-refractivity contribution in [3.63, 3.8) is 0 Å². The van der Waals surface area contributed by atoms with Gasteiger partial charge < -0.3 is 10.5 Å². The van der Waals surface area contributed by atoms with Gasteiger partial charge in [-0.3, -0.25) is 14.3 Å². The minimum Gasteiger partial charge on any atom is -0.437 e. The third kappa shape index (κ3) is 5.38. The number of nitrogens with two attached hydrogens (primary N) is 1. The number of ether oxygens (including phenoxy) is 1. The van der Waals surface area contributed by atoms with Crippen molar-refractivity contribution in [2.24, 2.45) is 0 Å². The highest BCUT2D eigenvalue weighted by Gasteiger charge is 2.19. The fourth-order valence-corrected chi connectivity index (χ4v) is 3.52. The zero-order chi connectivity index (χ0) is 25.1. The summed E-state index contributed by atoms with van der Waals surface area (Å²) < 4.78 is 20.6. The van der Waals surface area contributed by atoms with Gasteiger partial charge in [0.15, 0.2) is 11.5 Å². The Balaban J connectivity index is 1.59. The summed E-state index contributed by atoms with van der Waals surface area (Å²) in [5, 5.41) is 4.55. The lowest BCUT2D eigenvalue weighted by Crippen LogP contribution is -2.25. The Morgan fingerprint density at radius 3 is 2.54 bits per heavy atom. The molecule has 9 heteroatoms. The van der Waals surface area contributed by atoms with Crippen molar-refractivity contribution in [3.05, 3.63) is 99.3 Å². The highest BCUT2D eigenvalue weighted by atomic mass is 35.5. The number of carbonyl (C=O) groups excluding carboxylic acids is 1. The first-order valence-corrected chi connectivity index (χ1v) is 11.2. The Kier molecular flexibility index (Phi) is 6.93. The number of pyridine rings is 1. The van der Waals surface area contributed by atoms with Crippen molar-refractivity contribution < 1.29 is 13.9 Å². The summed E-state index contributed by atoms with van der Waals surface area (Å²) in [5.74, 6) is -0.240. The SMILES string of the molecule is CC(C)n1cc(-c2ccc(F)cc2)c(=O)c(C(=O)Cc2ccc(Oc3cccc(N)c3Cl)nc2)n1. The molecule has 4 aromatic rings. The van der Waals surface area contributed by atoms with Crippen molar-refractivity contribution in [3.8, 4) is 22.8 Å². The average molecular weight is 493 g/mol. The van der Waals surface area contributed by atoms with Gasteiger partial charge in [-0.15, -0.1) is 0 Å². The smallest absolute Gasteiger partial charge is 0.219 e. The molecule has 35 heavy (non-hydrogen) atoms. The van der Waals surface area contributed by atoms with E-state index < -0.39 is 17.0 Å². The lowest BCUT2D eigenvalue weighted by atomic mass is 10.0. The van der Waals surface area contributed by atoms with Gasteiger partial charge >= 0.3 is 0 Å². The standard InChI is InChI=1S/C26H22ClFN4O3/c1-15(2)32-14-19(17-7-9-18(28)10-8-17)26(34)25(31-32)21(33)12-16-6-11-23(30-13-16)35-22-5-3-4-20(29)24(22)27/h3-11,13-15H,12,29H2,1-2H3. The molecule has 2 aromatic heterocycles. The van der Waals surface area contributed by atoms with Crippen LogP contribution in [0.15, 0.2) is 71.8 Å². The van der Waals surface area contributed by atoms with Crippen LogP contribution in [0.3, 0.4) is 0 Å². The molecule has 7 nitrogen and oxygen atoms in total. The third-order valence-corrected chi connectivity index (χ3v) is 5.66. The molecular weight excluding hydrogens is 471 g/mol. The highest BCUT2D eigenvalue weighted by Crippen LogP contribution is 2.32. The predicted octanol–water partition coefficient (Wildman–Crippen LogP) is 5.48. The molecule has 0 aliphatic rings. The van der Waals surface area contributed by atoms with Crippen molar-refractivity contribution in [2.45, 2.75) is 26.3 Å². The average Bonchev–Trinajstić information content (AvgIpc) is 2.84. The van der Waals surface area contributed by atoms with Crippen LogP contribution in [0.25, 0.3) is 11.1 Å². The Morgan fingerprint density at radius 1 is 1.14 bits per heavy atom. The number of halogens is 2. The van der Waals surface area contributed by atoms with Crippen LogP contribution in [-0.2, 0) is 6.42 Å².